The van der Waals surface area contributed by atoms with E-state index in [0.29, 0.717) is 34.0 Å². The predicted molar refractivity (Wildman–Crippen MR) is 101 cm³/mol. The number of rotatable bonds is 6. The normalized spacial score (nSPS) is 13.9. The molecule has 0 radical (unpaired) electrons. The Labute approximate surface area is 148 Å². The molecule has 0 aliphatic carbocycles. The Morgan fingerprint density at radius 1 is 0.800 bits per heavy atom. The molecule has 0 saturated heterocycles. The molecule has 136 valence electrons. The Bertz CT molecular complexity index is 800. The van der Waals surface area contributed by atoms with Gasteiger partial charge in [0.05, 0.1) is 36.1 Å². The molecular weight excluding hydrogens is 340 g/mol. The number of benzene rings is 2. The highest BCUT2D eigenvalue weighted by Crippen LogP contribution is 2.37. The van der Waals surface area contributed by atoms with Crippen molar-refractivity contribution in [2.45, 2.75) is 24.3 Å². The van der Waals surface area contributed by atoms with Crippen molar-refractivity contribution in [2.24, 2.45) is 0 Å². The van der Waals surface area contributed by atoms with E-state index >= 15 is 0 Å². The molecule has 2 atom stereocenters. The van der Waals surface area contributed by atoms with Gasteiger partial charge in [0.2, 0.25) is 0 Å². The summed E-state index contributed by atoms with van der Waals surface area (Å²) in [6, 6.07) is 10.0. The minimum absolute atomic E-state index is 0.406. The van der Waals surface area contributed by atoms with Gasteiger partial charge in [-0.1, -0.05) is 12.1 Å². The van der Waals surface area contributed by atoms with Gasteiger partial charge in [-0.05, 0) is 49.2 Å². The molecule has 0 aliphatic rings. The molecule has 2 rings (SSSR count). The van der Waals surface area contributed by atoms with Gasteiger partial charge in [0.15, 0.2) is 9.84 Å². The van der Waals surface area contributed by atoms with Crippen LogP contribution < -0.4 is 20.9 Å². The molecule has 0 saturated carbocycles. The van der Waals surface area contributed by atoms with Gasteiger partial charge in [-0.25, -0.2) is 8.42 Å². The van der Waals surface area contributed by atoms with Crippen LogP contribution in [0, 0.1) is 0 Å². The number of anilines is 2. The molecule has 25 heavy (non-hydrogen) atoms. The fourth-order valence-corrected chi connectivity index (χ4v) is 4.36. The molecule has 4 N–H and O–H groups in total. The molecule has 2 aromatic rings. The van der Waals surface area contributed by atoms with Crippen LogP contribution in [0.5, 0.6) is 11.5 Å². The zero-order valence-corrected chi connectivity index (χ0v) is 15.6. The molecule has 0 fully saturated rings. The molecule has 6 nitrogen and oxygen atoms in total. The summed E-state index contributed by atoms with van der Waals surface area (Å²) < 4.78 is 36.3. The standard InChI is InChI=1S/C18H24N2O4S/c1-11(13-5-7-17(23-3)15(19)9-13)25(21,22)12(2)14-6-8-18(24-4)16(20)10-14/h5-12H,19-20H2,1-4H3. The lowest BCUT2D eigenvalue weighted by molar-refractivity contribution is 0.417. The fraction of sp³-hybridized carbons (Fsp3) is 0.333. The highest BCUT2D eigenvalue weighted by atomic mass is 32.2. The average Bonchev–Trinajstić information content (AvgIpc) is 2.60. The lowest BCUT2D eigenvalue weighted by Gasteiger charge is -2.21. The third-order valence-electron chi connectivity index (χ3n) is 4.43. The summed E-state index contributed by atoms with van der Waals surface area (Å²) in [6.45, 7) is 3.31. The van der Waals surface area contributed by atoms with Crippen LogP contribution in [0.2, 0.25) is 0 Å². The average molecular weight is 364 g/mol. The van der Waals surface area contributed by atoms with E-state index in [1.54, 1.807) is 50.2 Å². The molecule has 0 aliphatic heterocycles. The smallest absolute Gasteiger partial charge is 0.163 e. The van der Waals surface area contributed by atoms with E-state index < -0.39 is 20.3 Å². The molecule has 0 heterocycles. The summed E-state index contributed by atoms with van der Waals surface area (Å²) in [5, 5.41) is -1.45. The van der Waals surface area contributed by atoms with Gasteiger partial charge in [-0.15, -0.1) is 0 Å². The Hall–Kier alpha value is -2.41. The summed E-state index contributed by atoms with van der Waals surface area (Å²) in [5.74, 6) is 1.04. The summed E-state index contributed by atoms with van der Waals surface area (Å²) in [5.41, 5.74) is 13.8. The lowest BCUT2D eigenvalue weighted by Crippen LogP contribution is -2.17. The van der Waals surface area contributed by atoms with Gasteiger partial charge < -0.3 is 20.9 Å². The van der Waals surface area contributed by atoms with Gasteiger partial charge in [-0.3, -0.25) is 0 Å². The molecule has 0 aromatic heterocycles. The van der Waals surface area contributed by atoms with Crippen LogP contribution in [0.4, 0.5) is 11.4 Å². The summed E-state index contributed by atoms with van der Waals surface area (Å²) in [4.78, 5) is 0. The Balaban J connectivity index is 2.36. The van der Waals surface area contributed by atoms with Crippen molar-refractivity contribution < 1.29 is 17.9 Å². The predicted octanol–water partition coefficient (Wildman–Crippen LogP) is 3.11. The number of hydrogen-bond donors (Lipinski definition) is 2. The minimum Gasteiger partial charge on any atom is -0.495 e. The summed E-state index contributed by atoms with van der Waals surface area (Å²) in [6.07, 6.45) is 0. The van der Waals surface area contributed by atoms with Crippen LogP contribution in [0.25, 0.3) is 0 Å². The quantitative estimate of drug-likeness (QED) is 0.763. The van der Waals surface area contributed by atoms with Crippen LogP contribution >= 0.6 is 0 Å². The van der Waals surface area contributed by atoms with Crippen LogP contribution in [-0.2, 0) is 9.84 Å². The van der Waals surface area contributed by atoms with E-state index in [4.69, 9.17) is 20.9 Å². The van der Waals surface area contributed by atoms with Crippen molar-refractivity contribution in [3.63, 3.8) is 0 Å². The zero-order valence-electron chi connectivity index (χ0n) is 14.8. The first kappa shape index (κ1) is 18.9. The second kappa shape index (κ2) is 7.23. The van der Waals surface area contributed by atoms with Crippen molar-refractivity contribution in [3.05, 3.63) is 47.5 Å². The fourth-order valence-electron chi connectivity index (χ4n) is 2.70. The Morgan fingerprint density at radius 2 is 1.16 bits per heavy atom. The van der Waals surface area contributed by atoms with Gasteiger partial charge in [0, 0.05) is 0 Å². The third-order valence-corrected chi connectivity index (χ3v) is 6.95. The second-order valence-corrected chi connectivity index (χ2v) is 8.47. The highest BCUT2D eigenvalue weighted by molar-refractivity contribution is 7.91. The molecule has 0 amide bonds. The maximum atomic E-state index is 13.0. The van der Waals surface area contributed by atoms with Gasteiger partial charge in [0.1, 0.15) is 11.5 Å². The maximum absolute atomic E-state index is 13.0. The van der Waals surface area contributed by atoms with Crippen molar-refractivity contribution in [1.82, 2.24) is 0 Å². The number of nitrogens with two attached hydrogens (primary N) is 2. The molecule has 2 aromatic carbocycles. The first-order chi connectivity index (χ1) is 11.7. The van der Waals surface area contributed by atoms with Crippen LogP contribution in [0.3, 0.4) is 0 Å². The molecular formula is C18H24N2O4S. The summed E-state index contributed by atoms with van der Waals surface area (Å²) >= 11 is 0. The van der Waals surface area contributed by atoms with Crippen LogP contribution in [0.15, 0.2) is 36.4 Å². The maximum Gasteiger partial charge on any atom is 0.163 e. The summed E-state index contributed by atoms with van der Waals surface area (Å²) in [7, 11) is -0.479. The zero-order chi connectivity index (χ0) is 18.8. The van der Waals surface area contributed by atoms with E-state index in [-0.39, 0.29) is 0 Å². The van der Waals surface area contributed by atoms with Gasteiger partial charge >= 0.3 is 0 Å². The Kier molecular flexibility index (Phi) is 5.47. The van der Waals surface area contributed by atoms with Crippen molar-refractivity contribution in [2.75, 3.05) is 25.7 Å². The monoisotopic (exact) mass is 364 g/mol. The van der Waals surface area contributed by atoms with E-state index in [0.717, 1.165) is 0 Å². The highest BCUT2D eigenvalue weighted by Gasteiger charge is 2.31. The number of hydrogen-bond acceptors (Lipinski definition) is 6. The minimum atomic E-state index is -3.51. The van der Waals surface area contributed by atoms with Crippen LogP contribution in [0.1, 0.15) is 35.5 Å². The topological polar surface area (TPSA) is 105 Å². The van der Waals surface area contributed by atoms with Crippen molar-refractivity contribution >= 4 is 21.2 Å². The lowest BCUT2D eigenvalue weighted by atomic mass is 10.1. The second-order valence-electron chi connectivity index (χ2n) is 5.88. The first-order valence-electron chi connectivity index (χ1n) is 7.81. The Morgan fingerprint density at radius 3 is 1.44 bits per heavy atom. The third kappa shape index (κ3) is 3.66. The number of ether oxygens (including phenoxy) is 2. The molecule has 7 heteroatoms. The largest absolute Gasteiger partial charge is 0.495 e. The SMILES string of the molecule is COc1ccc(C(C)S(=O)(=O)C(C)c2ccc(OC)c(N)c2)cc1N. The number of methoxy groups -OCH3 is 2. The van der Waals surface area contributed by atoms with E-state index in [1.165, 1.54) is 14.2 Å². The number of nitrogen functional groups attached to an aromatic ring is 2. The van der Waals surface area contributed by atoms with E-state index in [2.05, 4.69) is 0 Å². The van der Waals surface area contributed by atoms with Crippen LogP contribution in [-0.4, -0.2) is 22.6 Å². The molecule has 0 bridgehead atoms. The molecule has 2 unspecified atom stereocenters. The van der Waals surface area contributed by atoms with Crippen molar-refractivity contribution in [3.8, 4) is 11.5 Å². The van der Waals surface area contributed by atoms with Gasteiger partial charge in [0.25, 0.3) is 0 Å². The van der Waals surface area contributed by atoms with Crippen molar-refractivity contribution in [1.29, 1.82) is 0 Å². The first-order valence-corrected chi connectivity index (χ1v) is 9.42. The number of sulfone groups is 1. The van der Waals surface area contributed by atoms with Gasteiger partial charge in [-0.2, -0.15) is 0 Å². The molecule has 0 spiro atoms. The van der Waals surface area contributed by atoms with E-state index in [9.17, 15) is 8.42 Å². The van der Waals surface area contributed by atoms with E-state index in [1.807, 2.05) is 0 Å².